The van der Waals surface area contributed by atoms with Crippen LogP contribution in [0.15, 0.2) is 34.8 Å². The van der Waals surface area contributed by atoms with E-state index in [0.29, 0.717) is 22.7 Å². The number of carbonyl (C=O) groups excluding carboxylic acids is 1. The highest BCUT2D eigenvalue weighted by Crippen LogP contribution is 2.40. The minimum Gasteiger partial charge on any atom is -0.477 e. The van der Waals surface area contributed by atoms with Gasteiger partial charge in [-0.2, -0.15) is 9.61 Å². The minimum atomic E-state index is -1.10. The summed E-state index contributed by atoms with van der Waals surface area (Å²) in [6, 6.07) is 2.98. The largest absolute Gasteiger partial charge is 0.477 e. The van der Waals surface area contributed by atoms with Gasteiger partial charge >= 0.3 is 5.97 Å². The van der Waals surface area contributed by atoms with E-state index >= 15 is 0 Å². The normalized spacial score (nSPS) is 23.4. The molecule has 9 nitrogen and oxygen atoms in total. The van der Waals surface area contributed by atoms with Crippen molar-refractivity contribution >= 4 is 41.0 Å². The Bertz CT molecular complexity index is 881. The third kappa shape index (κ3) is 2.36. The van der Waals surface area contributed by atoms with E-state index in [-0.39, 0.29) is 17.0 Å². The maximum absolute atomic E-state index is 11.9. The molecule has 1 fully saturated rings. The first kappa shape index (κ1) is 15.4. The zero-order valence-electron chi connectivity index (χ0n) is 12.2. The van der Waals surface area contributed by atoms with Crippen molar-refractivity contribution in [1.29, 1.82) is 0 Å². The van der Waals surface area contributed by atoms with Crippen LogP contribution in [0, 0.1) is 0 Å². The molecule has 1 saturated heterocycles. The number of hydrogen-bond acceptors (Lipinski definition) is 8. The molecule has 2 aromatic heterocycles. The Labute approximate surface area is 144 Å². The first-order valence-electron chi connectivity index (χ1n) is 7.01. The van der Waals surface area contributed by atoms with Gasteiger partial charge in [0.05, 0.1) is 0 Å². The summed E-state index contributed by atoms with van der Waals surface area (Å²) in [5, 5.41) is 21.9. The second-order valence-corrected chi connectivity index (χ2v) is 7.39. The van der Waals surface area contributed by atoms with Gasteiger partial charge in [0, 0.05) is 11.5 Å². The van der Waals surface area contributed by atoms with E-state index < -0.39 is 12.0 Å². The quantitative estimate of drug-likeness (QED) is 0.560. The van der Waals surface area contributed by atoms with Gasteiger partial charge in [-0.25, -0.2) is 4.79 Å². The molecule has 0 saturated carbocycles. The maximum atomic E-state index is 11.9. The molecule has 2 aliphatic heterocycles. The fourth-order valence-corrected chi connectivity index (χ4v) is 4.93. The molecule has 0 bridgehead atoms. The van der Waals surface area contributed by atoms with Crippen LogP contribution in [-0.2, 0) is 9.59 Å². The molecule has 0 aliphatic carbocycles. The molecular formula is C13H12N6O3S2. The second kappa shape index (κ2) is 5.76. The molecule has 11 heteroatoms. The Hall–Kier alpha value is -2.11. The zero-order chi connectivity index (χ0) is 16.8. The number of carbonyl (C=O) groups is 2. The number of aromatic nitrogens is 4. The number of amides is 1. The summed E-state index contributed by atoms with van der Waals surface area (Å²) >= 11 is 2.90. The SMILES string of the molecule is NC1C(=O)N2C(C(=O)O)=C(CSc3ccc4nncn4n3)CS[C@@H]12. The first-order valence-corrected chi connectivity index (χ1v) is 9.05. The number of rotatable bonds is 4. The molecule has 124 valence electrons. The van der Waals surface area contributed by atoms with E-state index in [0.717, 1.165) is 5.03 Å². The monoisotopic (exact) mass is 364 g/mol. The summed E-state index contributed by atoms with van der Waals surface area (Å²) in [5.41, 5.74) is 7.13. The van der Waals surface area contributed by atoms with E-state index in [9.17, 15) is 14.7 Å². The van der Waals surface area contributed by atoms with Crippen molar-refractivity contribution in [3.05, 3.63) is 29.7 Å². The van der Waals surface area contributed by atoms with Crippen molar-refractivity contribution in [1.82, 2.24) is 24.7 Å². The summed E-state index contributed by atoms with van der Waals surface area (Å²) in [7, 11) is 0. The lowest BCUT2D eigenvalue weighted by Crippen LogP contribution is -2.68. The predicted octanol–water partition coefficient (Wildman–Crippen LogP) is -0.202. The topological polar surface area (TPSA) is 127 Å². The number of aliphatic carboxylic acids is 1. The number of fused-ring (bicyclic) bond motifs is 2. The molecule has 4 heterocycles. The standard InChI is InChI=1S/C13H12N6O3S2/c14-9-11(20)19-10(13(21)22)6(4-24-12(9)19)3-23-8-2-1-7-16-15-5-18(7)17-8/h1-2,5,9,12H,3-4,14H2,(H,21,22)/t9?,12-/m0/s1. The van der Waals surface area contributed by atoms with Crippen LogP contribution in [-0.4, -0.2) is 64.6 Å². The van der Waals surface area contributed by atoms with Gasteiger partial charge in [0.1, 0.15) is 28.5 Å². The van der Waals surface area contributed by atoms with Crippen LogP contribution in [0.5, 0.6) is 0 Å². The lowest BCUT2D eigenvalue weighted by Gasteiger charge is -2.48. The maximum Gasteiger partial charge on any atom is 0.352 e. The van der Waals surface area contributed by atoms with E-state index in [1.165, 1.54) is 34.8 Å². The van der Waals surface area contributed by atoms with E-state index in [4.69, 9.17) is 5.73 Å². The second-order valence-electron chi connectivity index (χ2n) is 5.29. The van der Waals surface area contributed by atoms with Crippen LogP contribution in [0.4, 0.5) is 0 Å². The van der Waals surface area contributed by atoms with Crippen LogP contribution in [0.3, 0.4) is 0 Å². The van der Waals surface area contributed by atoms with Crippen LogP contribution in [0.2, 0.25) is 0 Å². The molecule has 0 spiro atoms. The van der Waals surface area contributed by atoms with E-state index in [2.05, 4.69) is 15.3 Å². The summed E-state index contributed by atoms with van der Waals surface area (Å²) in [6.07, 6.45) is 1.50. The Balaban J connectivity index is 1.57. The minimum absolute atomic E-state index is 0.0586. The summed E-state index contributed by atoms with van der Waals surface area (Å²) in [4.78, 5) is 24.8. The molecular weight excluding hydrogens is 352 g/mol. The van der Waals surface area contributed by atoms with Gasteiger partial charge in [-0.1, -0.05) is 0 Å². The Morgan fingerprint density at radius 3 is 3.12 bits per heavy atom. The molecule has 3 N–H and O–H groups in total. The number of β-lactam (4-membered cyclic amide) rings is 1. The number of hydrogen-bond donors (Lipinski definition) is 2. The zero-order valence-corrected chi connectivity index (χ0v) is 13.8. The smallest absolute Gasteiger partial charge is 0.352 e. The average molecular weight is 364 g/mol. The number of carboxylic acid groups (broad SMARTS) is 1. The Kier molecular flexibility index (Phi) is 3.70. The highest BCUT2D eigenvalue weighted by Gasteiger charge is 2.51. The van der Waals surface area contributed by atoms with Gasteiger partial charge in [-0.3, -0.25) is 9.69 Å². The van der Waals surface area contributed by atoms with Crippen LogP contribution < -0.4 is 5.73 Å². The van der Waals surface area contributed by atoms with Gasteiger partial charge in [-0.15, -0.1) is 33.7 Å². The predicted molar refractivity (Wildman–Crippen MR) is 87.2 cm³/mol. The van der Waals surface area contributed by atoms with Gasteiger partial charge in [0.2, 0.25) is 5.91 Å². The van der Waals surface area contributed by atoms with Gasteiger partial charge < -0.3 is 10.8 Å². The van der Waals surface area contributed by atoms with E-state index in [1.54, 1.807) is 16.6 Å². The third-order valence-corrected chi connectivity index (χ3v) is 6.19. The number of carboxylic acids is 1. The molecule has 24 heavy (non-hydrogen) atoms. The van der Waals surface area contributed by atoms with Crippen molar-refractivity contribution in [3.63, 3.8) is 0 Å². The van der Waals surface area contributed by atoms with Gasteiger partial charge in [-0.05, 0) is 17.7 Å². The molecule has 1 unspecified atom stereocenters. The molecule has 2 atom stereocenters. The van der Waals surface area contributed by atoms with Crippen molar-refractivity contribution < 1.29 is 14.7 Å². The lowest BCUT2D eigenvalue weighted by molar-refractivity contribution is -0.147. The summed E-state index contributed by atoms with van der Waals surface area (Å²) in [5.74, 6) is -0.471. The summed E-state index contributed by atoms with van der Waals surface area (Å²) < 4.78 is 1.55. The molecule has 4 rings (SSSR count). The number of thioether (sulfide) groups is 2. The Morgan fingerprint density at radius 2 is 2.33 bits per heavy atom. The fraction of sp³-hybridized carbons (Fsp3) is 0.308. The van der Waals surface area contributed by atoms with Crippen molar-refractivity contribution in [3.8, 4) is 0 Å². The molecule has 0 aromatic carbocycles. The van der Waals surface area contributed by atoms with Gasteiger partial charge in [0.15, 0.2) is 5.65 Å². The fourth-order valence-electron chi connectivity index (χ4n) is 2.64. The van der Waals surface area contributed by atoms with Crippen molar-refractivity contribution in [2.45, 2.75) is 16.4 Å². The molecule has 2 aliphatic rings. The van der Waals surface area contributed by atoms with Crippen LogP contribution in [0.25, 0.3) is 5.65 Å². The average Bonchev–Trinajstić information content (AvgIpc) is 3.05. The van der Waals surface area contributed by atoms with Crippen molar-refractivity contribution in [2.24, 2.45) is 5.73 Å². The van der Waals surface area contributed by atoms with Gasteiger partial charge in [0.25, 0.3) is 0 Å². The highest BCUT2D eigenvalue weighted by atomic mass is 32.2. The lowest BCUT2D eigenvalue weighted by atomic mass is 10.0. The number of nitrogens with zero attached hydrogens (tertiary/aromatic N) is 5. The summed E-state index contributed by atoms with van der Waals surface area (Å²) in [6.45, 7) is 0. The molecule has 1 amide bonds. The third-order valence-electron chi connectivity index (χ3n) is 3.82. The van der Waals surface area contributed by atoms with E-state index in [1.807, 2.05) is 0 Å². The van der Waals surface area contributed by atoms with Crippen LogP contribution >= 0.6 is 23.5 Å². The Morgan fingerprint density at radius 1 is 1.50 bits per heavy atom. The highest BCUT2D eigenvalue weighted by molar-refractivity contribution is 8.01. The number of nitrogens with two attached hydrogens (primary N) is 1. The van der Waals surface area contributed by atoms with Crippen LogP contribution in [0.1, 0.15) is 0 Å². The first-order chi connectivity index (χ1) is 11.6. The molecule has 0 radical (unpaired) electrons. The molecule has 2 aromatic rings. The van der Waals surface area contributed by atoms with Crippen molar-refractivity contribution in [2.75, 3.05) is 11.5 Å².